The van der Waals surface area contributed by atoms with E-state index in [-0.39, 0.29) is 17.3 Å². The van der Waals surface area contributed by atoms with Crippen molar-refractivity contribution in [2.45, 2.75) is 26.7 Å². The first-order valence-electron chi connectivity index (χ1n) is 9.98. The maximum atomic E-state index is 12.8. The second-order valence-electron chi connectivity index (χ2n) is 7.58. The van der Waals surface area contributed by atoms with Gasteiger partial charge in [0.1, 0.15) is 12.1 Å². The van der Waals surface area contributed by atoms with Crippen molar-refractivity contribution in [3.05, 3.63) is 41.6 Å². The molecule has 4 heterocycles. The molecule has 152 valence electrons. The van der Waals surface area contributed by atoms with Gasteiger partial charge in [-0.05, 0) is 24.5 Å². The maximum absolute atomic E-state index is 12.8. The fourth-order valence-electron chi connectivity index (χ4n) is 3.81. The number of nitrogens with zero attached hydrogens (tertiary/aromatic N) is 4. The van der Waals surface area contributed by atoms with Crippen LogP contribution < -0.4 is 15.1 Å². The molecule has 2 aromatic rings. The number of amides is 1. The molecule has 0 spiro atoms. The van der Waals surface area contributed by atoms with Crippen molar-refractivity contribution < 1.29 is 14.3 Å². The van der Waals surface area contributed by atoms with Crippen LogP contribution in [0.2, 0.25) is 0 Å². The summed E-state index contributed by atoms with van der Waals surface area (Å²) < 4.78 is 7.11. The molecule has 2 aromatic heterocycles. The van der Waals surface area contributed by atoms with E-state index in [0.717, 1.165) is 25.2 Å². The Hall–Kier alpha value is -3.16. The van der Waals surface area contributed by atoms with Gasteiger partial charge in [-0.15, -0.1) is 0 Å². The Kier molecular flexibility index (Phi) is 5.08. The highest BCUT2D eigenvalue weighted by Crippen LogP contribution is 2.35. The van der Waals surface area contributed by atoms with Crippen LogP contribution in [0, 0.1) is 11.3 Å². The molecule has 0 aliphatic carbocycles. The molecule has 0 aromatic carbocycles. The van der Waals surface area contributed by atoms with Crippen LogP contribution in [-0.4, -0.2) is 52.5 Å². The van der Waals surface area contributed by atoms with Crippen molar-refractivity contribution in [2.24, 2.45) is 5.92 Å². The predicted molar refractivity (Wildman–Crippen MR) is 108 cm³/mol. The van der Waals surface area contributed by atoms with Crippen LogP contribution in [0.3, 0.4) is 0 Å². The van der Waals surface area contributed by atoms with E-state index in [4.69, 9.17) is 10.1 Å². The fourth-order valence-corrected chi connectivity index (χ4v) is 3.81. The van der Waals surface area contributed by atoms with E-state index in [1.165, 1.54) is 4.57 Å². The molecule has 8 heteroatoms. The Morgan fingerprint density at radius 2 is 2.14 bits per heavy atom. The second-order valence-corrected chi connectivity index (χ2v) is 7.58. The predicted octanol–water partition coefficient (Wildman–Crippen LogP) is 2.43. The normalized spacial score (nSPS) is 18.3. The molecule has 0 saturated carbocycles. The van der Waals surface area contributed by atoms with Gasteiger partial charge < -0.3 is 14.5 Å². The lowest BCUT2D eigenvalue weighted by Gasteiger charge is -2.30. The molecule has 1 saturated heterocycles. The Morgan fingerprint density at radius 1 is 1.31 bits per heavy atom. The van der Waals surface area contributed by atoms with Crippen LogP contribution in [0.15, 0.2) is 30.6 Å². The Balaban J connectivity index is 1.62. The number of hydrogen-bond donors (Lipinski definition) is 1. The summed E-state index contributed by atoms with van der Waals surface area (Å²) in [6.07, 6.45) is 4.57. The number of nitrogens with one attached hydrogen (secondary N) is 1. The van der Waals surface area contributed by atoms with Crippen molar-refractivity contribution in [3.8, 4) is 5.75 Å². The van der Waals surface area contributed by atoms with Crippen molar-refractivity contribution in [2.75, 3.05) is 31.1 Å². The highest BCUT2D eigenvalue weighted by molar-refractivity contribution is 5.95. The summed E-state index contributed by atoms with van der Waals surface area (Å²) in [5.41, 5.74) is 1.41. The molecule has 2 aliphatic heterocycles. The number of anilines is 2. The lowest BCUT2D eigenvalue weighted by atomic mass is 10.2. The number of ether oxygens (including phenoxy) is 1. The van der Waals surface area contributed by atoms with E-state index in [1.54, 1.807) is 37.5 Å². The van der Waals surface area contributed by atoms with Crippen LogP contribution in [0.5, 0.6) is 5.75 Å². The zero-order valence-electron chi connectivity index (χ0n) is 16.7. The van der Waals surface area contributed by atoms with Gasteiger partial charge in [0.05, 0.1) is 12.1 Å². The zero-order valence-corrected chi connectivity index (χ0v) is 16.7. The maximum Gasteiger partial charge on any atom is 0.255 e. The van der Waals surface area contributed by atoms with Gasteiger partial charge >= 0.3 is 0 Å². The smallest absolute Gasteiger partial charge is 0.255 e. The Bertz CT molecular complexity index is 1020. The topological polar surface area (TPSA) is 91.5 Å². The van der Waals surface area contributed by atoms with E-state index in [1.807, 2.05) is 9.80 Å². The number of hydrogen-bond acceptors (Lipinski definition) is 6. The highest BCUT2D eigenvalue weighted by atomic mass is 16.5. The average molecular weight is 395 g/mol. The number of aromatic nitrogens is 2. The number of carbonyl (C=O) groups is 2. The third-order valence-electron chi connectivity index (χ3n) is 5.44. The largest absolute Gasteiger partial charge is 0.488 e. The van der Waals surface area contributed by atoms with Crippen LogP contribution in [0.25, 0.3) is 0 Å². The minimum absolute atomic E-state index is 0.0161. The van der Waals surface area contributed by atoms with Crippen molar-refractivity contribution in [1.29, 1.82) is 5.41 Å². The molecular weight excluding hydrogens is 370 g/mol. The third-order valence-corrected chi connectivity index (χ3v) is 5.44. The van der Waals surface area contributed by atoms with Gasteiger partial charge in [-0.1, -0.05) is 13.8 Å². The standard InChI is InChI=1S/C21H25N5O3/c1-3-19(27)26-7-5-16(11-18(26)22)25-8-9-29-17-10-15(12-23-20(17)25)21(28)24-6-4-14(2)13-24/h5,7,10-12,14,22H,3-4,6,8-9,13H2,1-2H3/t14-/m1/s1. The van der Waals surface area contributed by atoms with Gasteiger partial charge in [0.2, 0.25) is 5.91 Å². The highest BCUT2D eigenvalue weighted by Gasteiger charge is 2.27. The van der Waals surface area contributed by atoms with E-state index in [2.05, 4.69) is 11.9 Å². The average Bonchev–Trinajstić information content (AvgIpc) is 3.18. The fraction of sp³-hybridized carbons (Fsp3) is 0.429. The number of fused-ring (bicyclic) bond motifs is 1. The van der Waals surface area contributed by atoms with Crippen molar-refractivity contribution >= 4 is 23.3 Å². The minimum atomic E-state index is -0.124. The van der Waals surface area contributed by atoms with Gasteiger partial charge in [0.25, 0.3) is 5.91 Å². The molecule has 0 radical (unpaired) electrons. The number of likely N-dealkylation sites (tertiary alicyclic amines) is 1. The number of carbonyl (C=O) groups excluding carboxylic acids is 2. The van der Waals surface area contributed by atoms with Crippen molar-refractivity contribution in [3.63, 3.8) is 0 Å². The molecule has 0 unspecified atom stereocenters. The van der Waals surface area contributed by atoms with Gasteiger partial charge in [0.15, 0.2) is 11.6 Å². The Morgan fingerprint density at radius 3 is 2.83 bits per heavy atom. The zero-order chi connectivity index (χ0) is 20.5. The van der Waals surface area contributed by atoms with Crippen LogP contribution >= 0.6 is 0 Å². The van der Waals surface area contributed by atoms with E-state index >= 15 is 0 Å². The van der Waals surface area contributed by atoms with Gasteiger partial charge in [0, 0.05) is 43.7 Å². The summed E-state index contributed by atoms with van der Waals surface area (Å²) in [4.78, 5) is 33.0. The first-order chi connectivity index (χ1) is 14.0. The van der Waals surface area contributed by atoms with Crippen LogP contribution in [0.4, 0.5) is 11.5 Å². The summed E-state index contributed by atoms with van der Waals surface area (Å²) in [6.45, 7) is 6.49. The minimum Gasteiger partial charge on any atom is -0.488 e. The van der Waals surface area contributed by atoms with Gasteiger partial charge in [-0.2, -0.15) is 0 Å². The summed E-state index contributed by atoms with van der Waals surface area (Å²) in [6, 6.07) is 5.20. The van der Waals surface area contributed by atoms with E-state index < -0.39 is 0 Å². The van der Waals surface area contributed by atoms with Gasteiger partial charge in [-0.25, -0.2) is 4.98 Å². The third kappa shape index (κ3) is 3.62. The molecule has 8 nitrogen and oxygen atoms in total. The van der Waals surface area contributed by atoms with Gasteiger partial charge in [-0.3, -0.25) is 19.6 Å². The molecule has 0 bridgehead atoms. The van der Waals surface area contributed by atoms with E-state index in [0.29, 0.717) is 42.6 Å². The molecule has 1 N–H and O–H groups in total. The summed E-state index contributed by atoms with van der Waals surface area (Å²) >= 11 is 0. The molecule has 29 heavy (non-hydrogen) atoms. The molecular formula is C21H25N5O3. The lowest BCUT2D eigenvalue weighted by molar-refractivity contribution is 0.0786. The SMILES string of the molecule is CCC(=O)n1ccc(N2CCOc3cc(C(=O)N4CC[C@@H](C)C4)cnc32)cc1=N. The molecule has 2 aliphatic rings. The summed E-state index contributed by atoms with van der Waals surface area (Å²) in [7, 11) is 0. The van der Waals surface area contributed by atoms with Crippen LogP contribution in [-0.2, 0) is 0 Å². The number of pyridine rings is 2. The lowest BCUT2D eigenvalue weighted by Crippen LogP contribution is -2.33. The molecule has 1 fully saturated rings. The molecule has 4 rings (SSSR count). The molecule has 1 atom stereocenters. The quantitative estimate of drug-likeness (QED) is 0.862. The molecule has 1 amide bonds. The first-order valence-corrected chi connectivity index (χ1v) is 9.98. The monoisotopic (exact) mass is 395 g/mol. The second kappa shape index (κ2) is 7.69. The van der Waals surface area contributed by atoms with Crippen molar-refractivity contribution in [1.82, 2.24) is 14.5 Å². The Labute approximate surface area is 169 Å². The van der Waals surface area contributed by atoms with Crippen LogP contribution in [0.1, 0.15) is 41.8 Å². The first kappa shape index (κ1) is 19.2. The summed E-state index contributed by atoms with van der Waals surface area (Å²) in [5.74, 6) is 1.55. The number of rotatable bonds is 3. The van der Waals surface area contributed by atoms with E-state index in [9.17, 15) is 9.59 Å². The summed E-state index contributed by atoms with van der Waals surface area (Å²) in [5, 5.41) is 8.16.